The van der Waals surface area contributed by atoms with Crippen molar-refractivity contribution in [3.63, 3.8) is 0 Å². The number of likely N-dealkylation sites (tertiary alicyclic amines) is 1. The molecule has 1 atom stereocenters. The number of aliphatic imine (C=N–C) groups is 1. The Morgan fingerprint density at radius 3 is 2.67 bits per heavy atom. The maximum atomic E-state index is 5.79. The Hall–Kier alpha value is -2.47. The zero-order chi connectivity index (χ0) is 18.9. The molecule has 0 aliphatic carbocycles. The van der Waals surface area contributed by atoms with Crippen LogP contribution >= 0.6 is 0 Å². The van der Waals surface area contributed by atoms with Crippen molar-refractivity contribution in [3.8, 4) is 5.75 Å². The van der Waals surface area contributed by atoms with Crippen LogP contribution in [0.5, 0.6) is 5.75 Å². The van der Waals surface area contributed by atoms with Gasteiger partial charge in [-0.25, -0.2) is 0 Å². The Balaban J connectivity index is 1.50. The van der Waals surface area contributed by atoms with E-state index in [1.165, 1.54) is 12.8 Å². The minimum Gasteiger partial charge on any atom is -0.492 e. The molecule has 1 aromatic carbocycles. The molecular formula is C21H30N4O2. The molecule has 1 aromatic heterocycles. The molecule has 1 saturated heterocycles. The minimum atomic E-state index is 0.230. The van der Waals surface area contributed by atoms with Gasteiger partial charge in [0.05, 0.1) is 18.8 Å². The molecule has 0 spiro atoms. The summed E-state index contributed by atoms with van der Waals surface area (Å²) in [5, 5.41) is 3.50. The SMILES string of the molecule is CN=C(NCC(c1ccco1)N1CCCC1)N(C)CCOc1ccccc1. The number of hydrogen-bond donors (Lipinski definition) is 1. The van der Waals surface area contributed by atoms with Gasteiger partial charge in [0.1, 0.15) is 18.1 Å². The first-order valence-corrected chi connectivity index (χ1v) is 9.65. The van der Waals surface area contributed by atoms with Crippen molar-refractivity contribution >= 4 is 5.96 Å². The van der Waals surface area contributed by atoms with E-state index >= 15 is 0 Å². The Bertz CT molecular complexity index is 681. The van der Waals surface area contributed by atoms with Crippen LogP contribution in [0.25, 0.3) is 0 Å². The lowest BCUT2D eigenvalue weighted by molar-refractivity contribution is 0.213. The predicted molar refractivity (Wildman–Crippen MR) is 108 cm³/mol. The second-order valence-electron chi connectivity index (χ2n) is 6.79. The number of furan rings is 1. The Morgan fingerprint density at radius 1 is 1.22 bits per heavy atom. The van der Waals surface area contributed by atoms with Gasteiger partial charge >= 0.3 is 0 Å². The average molecular weight is 370 g/mol. The summed E-state index contributed by atoms with van der Waals surface area (Å²) >= 11 is 0. The molecule has 6 nitrogen and oxygen atoms in total. The first-order valence-electron chi connectivity index (χ1n) is 9.65. The fourth-order valence-electron chi connectivity index (χ4n) is 3.44. The van der Waals surface area contributed by atoms with Crippen molar-refractivity contribution in [2.75, 3.05) is 46.9 Å². The summed E-state index contributed by atoms with van der Waals surface area (Å²) in [6.45, 7) is 4.36. The monoisotopic (exact) mass is 370 g/mol. The molecule has 0 saturated carbocycles. The molecule has 6 heteroatoms. The number of rotatable bonds is 8. The molecule has 3 rings (SSSR count). The molecule has 1 N–H and O–H groups in total. The van der Waals surface area contributed by atoms with Crippen LogP contribution in [0, 0.1) is 0 Å². The van der Waals surface area contributed by atoms with Gasteiger partial charge in [-0.2, -0.15) is 0 Å². The molecule has 2 aromatic rings. The minimum absolute atomic E-state index is 0.230. The Kier molecular flexibility index (Phi) is 7.16. The number of likely N-dealkylation sites (N-methyl/N-ethyl adjacent to an activating group) is 1. The van der Waals surface area contributed by atoms with Gasteiger partial charge in [-0.05, 0) is 50.2 Å². The standard InChI is InChI=1S/C21H30N4O2/c1-22-21(24(2)14-16-26-18-9-4-3-5-10-18)23-17-19(20-11-8-15-27-20)25-12-6-7-13-25/h3-5,8-11,15,19H,6-7,12-14,16-17H2,1-2H3,(H,22,23). The average Bonchev–Trinajstić information content (AvgIpc) is 3.40. The van der Waals surface area contributed by atoms with Gasteiger partial charge in [-0.1, -0.05) is 18.2 Å². The van der Waals surface area contributed by atoms with E-state index < -0.39 is 0 Å². The molecule has 1 fully saturated rings. The van der Waals surface area contributed by atoms with Crippen molar-refractivity contribution in [1.29, 1.82) is 0 Å². The lowest BCUT2D eigenvalue weighted by atomic mass is 10.2. The lowest BCUT2D eigenvalue weighted by Gasteiger charge is -2.28. The number of hydrogen-bond acceptors (Lipinski definition) is 4. The molecule has 0 bridgehead atoms. The first-order chi connectivity index (χ1) is 13.3. The van der Waals surface area contributed by atoms with Gasteiger partial charge in [-0.3, -0.25) is 9.89 Å². The lowest BCUT2D eigenvalue weighted by Crippen LogP contribution is -2.44. The quantitative estimate of drug-likeness (QED) is 0.572. The van der Waals surface area contributed by atoms with Crippen LogP contribution in [-0.2, 0) is 0 Å². The Labute approximate surface area is 161 Å². The number of para-hydroxylation sites is 1. The van der Waals surface area contributed by atoms with Gasteiger partial charge in [0.25, 0.3) is 0 Å². The van der Waals surface area contributed by atoms with Crippen molar-refractivity contribution in [2.45, 2.75) is 18.9 Å². The van der Waals surface area contributed by atoms with Gasteiger partial charge in [0.2, 0.25) is 0 Å². The van der Waals surface area contributed by atoms with Crippen molar-refractivity contribution in [3.05, 3.63) is 54.5 Å². The third-order valence-electron chi connectivity index (χ3n) is 4.92. The zero-order valence-electron chi connectivity index (χ0n) is 16.3. The molecule has 1 unspecified atom stereocenters. The molecule has 1 aliphatic rings. The van der Waals surface area contributed by atoms with E-state index in [9.17, 15) is 0 Å². The summed E-state index contributed by atoms with van der Waals surface area (Å²) in [7, 11) is 3.84. The third kappa shape index (κ3) is 5.50. The summed E-state index contributed by atoms with van der Waals surface area (Å²) in [5.74, 6) is 2.76. The number of nitrogens with one attached hydrogen (secondary N) is 1. The van der Waals surface area contributed by atoms with Crippen LogP contribution in [0.4, 0.5) is 0 Å². The first kappa shape index (κ1) is 19.3. The highest BCUT2D eigenvalue weighted by molar-refractivity contribution is 5.79. The van der Waals surface area contributed by atoms with E-state index in [-0.39, 0.29) is 6.04 Å². The number of benzene rings is 1. The van der Waals surface area contributed by atoms with E-state index in [0.717, 1.165) is 43.6 Å². The van der Waals surface area contributed by atoms with Crippen LogP contribution in [0.2, 0.25) is 0 Å². The van der Waals surface area contributed by atoms with Crippen molar-refractivity contribution < 1.29 is 9.15 Å². The van der Waals surface area contributed by atoms with E-state index in [2.05, 4.69) is 26.2 Å². The Morgan fingerprint density at radius 2 is 2.00 bits per heavy atom. The van der Waals surface area contributed by atoms with Crippen LogP contribution in [0.1, 0.15) is 24.6 Å². The van der Waals surface area contributed by atoms with E-state index in [1.54, 1.807) is 6.26 Å². The highest BCUT2D eigenvalue weighted by Crippen LogP contribution is 2.24. The summed E-state index contributed by atoms with van der Waals surface area (Å²) in [6, 6.07) is 14.1. The molecule has 146 valence electrons. The van der Waals surface area contributed by atoms with Crippen LogP contribution in [0.15, 0.2) is 58.1 Å². The van der Waals surface area contributed by atoms with E-state index in [4.69, 9.17) is 9.15 Å². The maximum Gasteiger partial charge on any atom is 0.193 e. The molecule has 0 radical (unpaired) electrons. The molecule has 27 heavy (non-hydrogen) atoms. The molecule has 0 amide bonds. The summed E-state index contributed by atoms with van der Waals surface area (Å²) < 4.78 is 11.5. The van der Waals surface area contributed by atoms with E-state index in [0.29, 0.717) is 6.61 Å². The maximum absolute atomic E-state index is 5.79. The third-order valence-corrected chi connectivity index (χ3v) is 4.92. The molecular weight excluding hydrogens is 340 g/mol. The van der Waals surface area contributed by atoms with Crippen molar-refractivity contribution in [2.24, 2.45) is 4.99 Å². The van der Waals surface area contributed by atoms with E-state index in [1.807, 2.05) is 50.5 Å². The van der Waals surface area contributed by atoms with Crippen LogP contribution in [0.3, 0.4) is 0 Å². The highest BCUT2D eigenvalue weighted by atomic mass is 16.5. The van der Waals surface area contributed by atoms with Crippen LogP contribution in [-0.4, -0.2) is 62.6 Å². The van der Waals surface area contributed by atoms with Gasteiger partial charge < -0.3 is 19.4 Å². The van der Waals surface area contributed by atoms with Gasteiger partial charge in [0.15, 0.2) is 5.96 Å². The fourth-order valence-corrected chi connectivity index (χ4v) is 3.44. The molecule has 2 heterocycles. The summed E-state index contributed by atoms with van der Waals surface area (Å²) in [4.78, 5) is 8.99. The smallest absolute Gasteiger partial charge is 0.193 e. The number of nitrogens with zero attached hydrogens (tertiary/aromatic N) is 3. The highest BCUT2D eigenvalue weighted by Gasteiger charge is 2.25. The zero-order valence-corrected chi connectivity index (χ0v) is 16.3. The van der Waals surface area contributed by atoms with Crippen LogP contribution < -0.4 is 10.1 Å². The second-order valence-corrected chi connectivity index (χ2v) is 6.79. The number of guanidine groups is 1. The second kappa shape index (κ2) is 10.0. The number of ether oxygens (including phenoxy) is 1. The summed E-state index contributed by atoms with van der Waals surface area (Å²) in [6.07, 6.45) is 4.26. The van der Waals surface area contributed by atoms with Gasteiger partial charge in [0, 0.05) is 20.6 Å². The normalized spacial score (nSPS) is 16.3. The molecule has 1 aliphatic heterocycles. The van der Waals surface area contributed by atoms with Crippen molar-refractivity contribution in [1.82, 2.24) is 15.1 Å². The largest absolute Gasteiger partial charge is 0.492 e. The topological polar surface area (TPSA) is 53.2 Å². The predicted octanol–water partition coefficient (Wildman–Crippen LogP) is 3.00. The summed E-state index contributed by atoms with van der Waals surface area (Å²) in [5.41, 5.74) is 0. The fraction of sp³-hybridized carbons (Fsp3) is 0.476. The van der Waals surface area contributed by atoms with Gasteiger partial charge in [-0.15, -0.1) is 0 Å².